The third-order valence-corrected chi connectivity index (χ3v) is 11.6. The average Bonchev–Trinajstić information content (AvgIpc) is 3.75. The first-order valence-electron chi connectivity index (χ1n) is 20.5. The third-order valence-electron chi connectivity index (χ3n) is 11.6. The Bertz CT molecular complexity index is 2700. The van der Waals surface area contributed by atoms with Crippen LogP contribution < -0.4 is 0 Å². The van der Waals surface area contributed by atoms with Gasteiger partial charge in [0.25, 0.3) is 0 Å². The topological polar surface area (TPSA) is 13.1 Å². The van der Waals surface area contributed by atoms with Gasteiger partial charge in [-0.2, -0.15) is 0 Å². The highest BCUT2D eigenvalue weighted by atomic mass is 16.3. The zero-order valence-corrected chi connectivity index (χ0v) is 34.0. The van der Waals surface area contributed by atoms with Crippen molar-refractivity contribution in [1.82, 2.24) is 0 Å². The number of hydrogen-bond acceptors (Lipinski definition) is 1. The maximum absolute atomic E-state index is 6.07. The Morgan fingerprint density at radius 2 is 1.14 bits per heavy atom. The first-order valence-corrected chi connectivity index (χ1v) is 20.5. The highest BCUT2D eigenvalue weighted by molar-refractivity contribution is 6.09. The molecule has 1 heteroatoms. The van der Waals surface area contributed by atoms with Crippen molar-refractivity contribution in [3.8, 4) is 33.4 Å². The van der Waals surface area contributed by atoms with Crippen molar-refractivity contribution in [1.29, 1.82) is 0 Å². The van der Waals surface area contributed by atoms with Crippen molar-refractivity contribution in [2.75, 3.05) is 0 Å². The summed E-state index contributed by atoms with van der Waals surface area (Å²) >= 11 is 0. The molecule has 10 rings (SSSR count). The van der Waals surface area contributed by atoms with Crippen LogP contribution in [-0.4, -0.2) is 0 Å². The minimum absolute atomic E-state index is 0.0735. The molecule has 0 saturated carbocycles. The lowest BCUT2D eigenvalue weighted by Gasteiger charge is -2.22. The molecule has 2 aliphatic carbocycles. The lowest BCUT2D eigenvalue weighted by atomic mass is 9.81. The number of benzene rings is 7. The van der Waals surface area contributed by atoms with E-state index in [4.69, 9.17) is 4.42 Å². The Hall–Kier alpha value is -6.18. The normalized spacial score (nSPS) is 13.5. The van der Waals surface area contributed by atoms with E-state index < -0.39 is 0 Å². The van der Waals surface area contributed by atoms with Crippen LogP contribution in [0, 0.1) is 13.8 Å². The molecule has 0 radical (unpaired) electrons. The number of allylic oxidation sites excluding steroid dienone is 4. The highest BCUT2D eigenvalue weighted by Crippen LogP contribution is 2.49. The molecule has 0 N–H and O–H groups in total. The van der Waals surface area contributed by atoms with Gasteiger partial charge in [-0.1, -0.05) is 202 Å². The minimum Gasteiger partial charge on any atom is -0.455 e. The first-order chi connectivity index (χ1) is 27.8. The van der Waals surface area contributed by atoms with Crippen LogP contribution in [0.1, 0.15) is 73.4 Å². The maximum atomic E-state index is 6.07. The van der Waals surface area contributed by atoms with E-state index in [9.17, 15) is 0 Å². The van der Waals surface area contributed by atoms with Crippen molar-refractivity contribution in [3.63, 3.8) is 0 Å². The van der Waals surface area contributed by atoms with Gasteiger partial charge in [0, 0.05) is 21.8 Å². The molecular weight excluding hydrogens is 689 g/mol. The standard InChI is InChI=1S/C24H24.C19H14O.C13H14/c1-4-7-17-10-12-18(13-11-17)19-14-15-21-20-8-5-6-9-22(20)24(2,3)23(21)16-19;1-13-9-11-14(12-10-13)15-6-4-7-17-16-5-2-3-8-18(16)20-19(15)17;1-11-7-9-13(10-8-11)12-5-3-2-4-6-12/h5-6,8-16H,4,7H2,1-3H3;2-12H,1H3;3,5-10H,2,4H2,1H3. The number of hydrogen-bond donors (Lipinski definition) is 0. The van der Waals surface area contributed by atoms with E-state index in [0.29, 0.717) is 0 Å². The van der Waals surface area contributed by atoms with Gasteiger partial charge < -0.3 is 4.42 Å². The van der Waals surface area contributed by atoms with Crippen molar-refractivity contribution >= 4 is 27.5 Å². The third kappa shape index (κ3) is 7.94. The van der Waals surface area contributed by atoms with Gasteiger partial charge in [0.05, 0.1) is 0 Å². The molecule has 0 aliphatic heterocycles. The number of furan rings is 1. The first kappa shape index (κ1) is 37.7. The number of fused-ring (bicyclic) bond motifs is 6. The van der Waals surface area contributed by atoms with Crippen LogP contribution in [0.2, 0.25) is 0 Å². The summed E-state index contributed by atoms with van der Waals surface area (Å²) in [6.45, 7) is 11.1. The fourth-order valence-corrected chi connectivity index (χ4v) is 8.32. The minimum atomic E-state index is 0.0735. The Balaban J connectivity index is 0.000000125. The molecule has 7 aromatic carbocycles. The monoisotopic (exact) mass is 740 g/mol. The van der Waals surface area contributed by atoms with Crippen molar-refractivity contribution < 1.29 is 4.42 Å². The van der Waals surface area contributed by atoms with Crippen molar-refractivity contribution in [2.45, 2.75) is 65.7 Å². The molecule has 2 aliphatic rings. The Kier molecular flexibility index (Phi) is 10.9. The summed E-state index contributed by atoms with van der Waals surface area (Å²) in [6.07, 6.45) is 11.5. The molecule has 0 fully saturated rings. The van der Waals surface area contributed by atoms with E-state index in [2.05, 4.69) is 198 Å². The maximum Gasteiger partial charge on any atom is 0.143 e. The fourth-order valence-electron chi connectivity index (χ4n) is 8.32. The molecule has 0 saturated heterocycles. The van der Waals surface area contributed by atoms with Gasteiger partial charge in [-0.3, -0.25) is 0 Å². The molecule has 0 unspecified atom stereocenters. The Labute approximate surface area is 339 Å². The second kappa shape index (κ2) is 16.5. The number of rotatable bonds is 5. The van der Waals surface area contributed by atoms with E-state index in [1.165, 1.54) is 96.8 Å². The van der Waals surface area contributed by atoms with Gasteiger partial charge in [0.2, 0.25) is 0 Å². The SMILES string of the molecule is CCCc1ccc(-c2ccc3c(c2)C(C)(C)c2ccccc2-3)cc1.Cc1ccc(-c2cccc3c2oc2ccccc23)cc1.Cc1ccc(C2=CCCC=C2)cc1. The summed E-state index contributed by atoms with van der Waals surface area (Å²) in [7, 11) is 0. The number of aryl methyl sites for hydroxylation is 3. The summed E-state index contributed by atoms with van der Waals surface area (Å²) in [6, 6.07) is 56.7. The van der Waals surface area contributed by atoms with Crippen LogP contribution in [0.5, 0.6) is 0 Å². The Morgan fingerprint density at radius 1 is 0.526 bits per heavy atom. The molecule has 0 spiro atoms. The van der Waals surface area contributed by atoms with Gasteiger partial charge in [0.1, 0.15) is 11.2 Å². The lowest BCUT2D eigenvalue weighted by molar-refractivity contribution is 0.660. The van der Waals surface area contributed by atoms with Gasteiger partial charge in [-0.15, -0.1) is 0 Å². The molecule has 8 aromatic rings. The molecule has 1 heterocycles. The quantitative estimate of drug-likeness (QED) is 0.171. The summed E-state index contributed by atoms with van der Waals surface area (Å²) in [5.41, 5.74) is 19.3. The molecule has 0 amide bonds. The van der Waals surface area contributed by atoms with Gasteiger partial charge in [-0.25, -0.2) is 0 Å². The van der Waals surface area contributed by atoms with Crippen LogP contribution in [-0.2, 0) is 11.8 Å². The zero-order valence-electron chi connectivity index (χ0n) is 34.0. The van der Waals surface area contributed by atoms with Crippen LogP contribution in [0.4, 0.5) is 0 Å². The van der Waals surface area contributed by atoms with E-state index in [1.54, 1.807) is 0 Å². The fraction of sp³-hybridized carbons (Fsp3) is 0.179. The largest absolute Gasteiger partial charge is 0.455 e. The van der Waals surface area contributed by atoms with E-state index in [1.807, 2.05) is 12.1 Å². The molecule has 1 nitrogen and oxygen atoms in total. The zero-order chi connectivity index (χ0) is 39.4. The summed E-state index contributed by atoms with van der Waals surface area (Å²) in [5.74, 6) is 0. The van der Waals surface area contributed by atoms with Gasteiger partial charge in [-0.05, 0) is 101 Å². The smallest absolute Gasteiger partial charge is 0.143 e. The predicted molar refractivity (Wildman–Crippen MR) is 245 cm³/mol. The van der Waals surface area contributed by atoms with Crippen molar-refractivity contribution in [2.24, 2.45) is 0 Å². The lowest BCUT2D eigenvalue weighted by Crippen LogP contribution is -2.14. The van der Waals surface area contributed by atoms with Crippen LogP contribution in [0.25, 0.3) is 60.9 Å². The molecule has 282 valence electrons. The Morgan fingerprint density at radius 3 is 1.86 bits per heavy atom. The summed E-state index contributed by atoms with van der Waals surface area (Å²) in [5, 5.41) is 2.36. The summed E-state index contributed by atoms with van der Waals surface area (Å²) in [4.78, 5) is 0. The highest BCUT2D eigenvalue weighted by Gasteiger charge is 2.35. The molecule has 1 aromatic heterocycles. The van der Waals surface area contributed by atoms with Crippen molar-refractivity contribution in [3.05, 3.63) is 209 Å². The van der Waals surface area contributed by atoms with Crippen LogP contribution in [0.15, 0.2) is 180 Å². The second-order valence-electron chi connectivity index (χ2n) is 16.0. The van der Waals surface area contributed by atoms with Crippen LogP contribution >= 0.6 is 0 Å². The average molecular weight is 741 g/mol. The molecular formula is C56H52O. The predicted octanol–water partition coefficient (Wildman–Crippen LogP) is 15.9. The van der Waals surface area contributed by atoms with Gasteiger partial charge in [0.15, 0.2) is 0 Å². The molecule has 57 heavy (non-hydrogen) atoms. The van der Waals surface area contributed by atoms with Gasteiger partial charge >= 0.3 is 0 Å². The van der Waals surface area contributed by atoms with E-state index in [-0.39, 0.29) is 5.41 Å². The molecule has 0 atom stereocenters. The van der Waals surface area contributed by atoms with Crippen LogP contribution in [0.3, 0.4) is 0 Å². The number of para-hydroxylation sites is 2. The van der Waals surface area contributed by atoms with E-state index in [0.717, 1.165) is 23.2 Å². The second-order valence-corrected chi connectivity index (χ2v) is 16.0. The summed E-state index contributed by atoms with van der Waals surface area (Å²) < 4.78 is 6.07. The van der Waals surface area contributed by atoms with E-state index >= 15 is 0 Å². The molecule has 0 bridgehead atoms.